The molecule has 0 aliphatic rings. The number of hydrogen-bond acceptors (Lipinski definition) is 1. The van der Waals surface area contributed by atoms with Crippen molar-refractivity contribution in [3.8, 4) is 0 Å². The third kappa shape index (κ3) is 89.9. The molecule has 34 valence electrons. The molecule has 0 atom stereocenters. The van der Waals surface area contributed by atoms with Crippen LogP contribution < -0.4 is 0 Å². The molecule has 0 bridgehead atoms. The first-order chi connectivity index (χ1) is 2.00. The summed E-state index contributed by atoms with van der Waals surface area (Å²) in [6, 6.07) is 0. The average molecular weight is 146 g/mol. The summed E-state index contributed by atoms with van der Waals surface area (Å²) in [6.45, 7) is 0. The Morgan fingerprint density at radius 3 is 1.50 bits per heavy atom. The molecule has 6 heavy (non-hydrogen) atoms. The molecule has 4 heteroatoms. The van der Waals surface area contributed by atoms with E-state index in [-0.39, 0.29) is 18.9 Å². The van der Waals surface area contributed by atoms with E-state index in [4.69, 9.17) is 4.10 Å². The summed E-state index contributed by atoms with van der Waals surface area (Å²) < 4.78 is 18.0. The molecule has 0 heterocycles. The molecule has 2 nitrogen and oxygen atoms in total. The van der Waals surface area contributed by atoms with Crippen molar-refractivity contribution >= 4 is 32.7 Å². The van der Waals surface area contributed by atoms with E-state index in [2.05, 4.69) is 0 Å². The van der Waals surface area contributed by atoms with Gasteiger partial charge in [-0.05, 0) is 0 Å². The Bertz CT molecular complexity index is 57.7. The predicted molar refractivity (Wildman–Crippen MR) is 27.5 cm³/mol. The Morgan fingerprint density at radius 1 is 1.50 bits per heavy atom. The molecule has 0 aromatic rings. The Balaban J connectivity index is 0. The van der Waals surface area contributed by atoms with E-state index >= 15 is 0 Å². The van der Waals surface area contributed by atoms with Crippen molar-refractivity contribution in [3.63, 3.8) is 0 Å². The van der Waals surface area contributed by atoms with Gasteiger partial charge in [-0.3, -0.25) is 0 Å². The van der Waals surface area contributed by atoms with Gasteiger partial charge in [0.05, 0.1) is 0 Å². The fraction of sp³-hybridized carbons (Fsp3) is 1.00. The minimum atomic E-state index is -3.12. The van der Waals surface area contributed by atoms with Crippen LogP contribution in [0, 0.1) is 0 Å². The zero-order valence-corrected chi connectivity index (χ0v) is 5.18. The fourth-order valence-corrected chi connectivity index (χ4v) is 0. The normalized spacial score (nSPS) is 9.83. The van der Waals surface area contributed by atoms with E-state index in [1.165, 1.54) is 11.4 Å². The second kappa shape index (κ2) is 2.99. The number of rotatable bonds is 0. The maximum atomic E-state index is 9.83. The average Bonchev–Trinajstić information content (AvgIpc) is 0.722. The van der Waals surface area contributed by atoms with Crippen LogP contribution in [-0.2, 0) is 3.74 Å². The van der Waals surface area contributed by atoms with Gasteiger partial charge in [-0.15, -0.1) is 0 Å². The van der Waals surface area contributed by atoms with E-state index in [0.717, 1.165) is 0 Å². The zero-order valence-electron chi connectivity index (χ0n) is 3.30. The first-order valence-electron chi connectivity index (χ1n) is 1.28. The van der Waals surface area contributed by atoms with Crippen LogP contribution in [0.2, 0.25) is 11.4 Å². The van der Waals surface area contributed by atoms with Gasteiger partial charge < -0.3 is 0 Å². The molecule has 0 saturated heterocycles. The summed E-state index contributed by atoms with van der Waals surface area (Å²) in [7, 11) is 0. The van der Waals surface area contributed by atoms with Crippen molar-refractivity contribution in [1.29, 1.82) is 0 Å². The summed E-state index contributed by atoms with van der Waals surface area (Å²) in [5.41, 5.74) is 2.72. The van der Waals surface area contributed by atoms with Crippen molar-refractivity contribution in [2.75, 3.05) is 0 Å². The van der Waals surface area contributed by atoms with Crippen LogP contribution in [0.3, 0.4) is 0 Å². The second-order valence-electron chi connectivity index (χ2n) is 1.29. The summed E-state index contributed by atoms with van der Waals surface area (Å²) in [6.07, 6.45) is 0. The Labute approximate surface area is 52.1 Å². The predicted octanol–water partition coefficient (Wildman–Crippen LogP) is -0.538. The molecule has 0 fully saturated rings. The first-order valence-corrected chi connectivity index (χ1v) is 6.64. The van der Waals surface area contributed by atoms with Gasteiger partial charge in [0.2, 0.25) is 0 Å². The molecule has 0 spiro atoms. The van der Waals surface area contributed by atoms with Crippen LogP contribution in [0.15, 0.2) is 0 Å². The molecule has 1 N–H and O–H groups in total. The van der Waals surface area contributed by atoms with Crippen molar-refractivity contribution in [1.82, 2.24) is 0 Å². The quantitative estimate of drug-likeness (QED) is 0.466. The summed E-state index contributed by atoms with van der Waals surface area (Å²) in [4.78, 5) is 0. The van der Waals surface area contributed by atoms with Crippen molar-refractivity contribution < 1.29 is 7.84 Å². The SMILES string of the molecule is C[As](C)(=O)O.[LiH]. The van der Waals surface area contributed by atoms with Gasteiger partial charge in [0.25, 0.3) is 0 Å². The Kier molecular flexibility index (Phi) is 4.99. The fourth-order valence-electron chi connectivity index (χ4n) is 0. The summed E-state index contributed by atoms with van der Waals surface area (Å²) in [5, 5.41) is 0. The molecule has 0 aliphatic carbocycles. The maximum absolute atomic E-state index is 9.83. The van der Waals surface area contributed by atoms with Gasteiger partial charge in [0, 0.05) is 0 Å². The van der Waals surface area contributed by atoms with E-state index in [0.29, 0.717) is 0 Å². The van der Waals surface area contributed by atoms with E-state index in [9.17, 15) is 3.74 Å². The monoisotopic (exact) mass is 146 g/mol. The van der Waals surface area contributed by atoms with E-state index < -0.39 is 13.8 Å². The van der Waals surface area contributed by atoms with Gasteiger partial charge >= 0.3 is 52.0 Å². The summed E-state index contributed by atoms with van der Waals surface area (Å²) >= 11 is -3.12. The van der Waals surface area contributed by atoms with Gasteiger partial charge in [-0.25, -0.2) is 0 Å². The van der Waals surface area contributed by atoms with Crippen LogP contribution in [-0.4, -0.2) is 36.8 Å². The molecule has 0 rings (SSSR count). The third-order valence-corrected chi connectivity index (χ3v) is 0. The van der Waals surface area contributed by atoms with Gasteiger partial charge in [0.1, 0.15) is 0 Å². The van der Waals surface area contributed by atoms with Gasteiger partial charge in [0.15, 0.2) is 0 Å². The van der Waals surface area contributed by atoms with Gasteiger partial charge in [-0.1, -0.05) is 0 Å². The molecular weight excluding hydrogens is 138 g/mol. The van der Waals surface area contributed by atoms with E-state index in [1.54, 1.807) is 0 Å². The van der Waals surface area contributed by atoms with Crippen LogP contribution >= 0.6 is 0 Å². The van der Waals surface area contributed by atoms with E-state index in [1.807, 2.05) is 0 Å². The second-order valence-corrected chi connectivity index (χ2v) is 6.72. The molecular formula is C2H8AsLiO2. The first kappa shape index (κ1) is 10.0. The third-order valence-electron chi connectivity index (χ3n) is 0. The molecule has 0 aliphatic heterocycles. The van der Waals surface area contributed by atoms with Crippen molar-refractivity contribution in [3.05, 3.63) is 0 Å². The minimum absolute atomic E-state index is 0. The van der Waals surface area contributed by atoms with Gasteiger partial charge in [-0.2, -0.15) is 0 Å². The molecule has 0 aromatic heterocycles. The van der Waals surface area contributed by atoms with Crippen LogP contribution in [0.4, 0.5) is 0 Å². The van der Waals surface area contributed by atoms with Crippen LogP contribution in [0.1, 0.15) is 0 Å². The molecule has 0 saturated carbocycles. The zero-order chi connectivity index (χ0) is 4.50. The molecule has 0 amide bonds. The van der Waals surface area contributed by atoms with Crippen LogP contribution in [0.5, 0.6) is 0 Å². The molecule has 0 radical (unpaired) electrons. The van der Waals surface area contributed by atoms with Crippen molar-refractivity contribution in [2.45, 2.75) is 11.4 Å². The molecule has 0 aromatic carbocycles. The Hall–Kier alpha value is 0.916. The summed E-state index contributed by atoms with van der Waals surface area (Å²) in [5.74, 6) is 0. The van der Waals surface area contributed by atoms with Crippen molar-refractivity contribution in [2.24, 2.45) is 0 Å². The Morgan fingerprint density at radius 2 is 1.50 bits per heavy atom. The standard InChI is InChI=1S/C2H7AsO2.Li.H/c1-3(2,4)5;;/h1-2H3,(H,4,5);;. The molecule has 0 unspecified atom stereocenters. The topological polar surface area (TPSA) is 37.3 Å². The number of hydrogen-bond donors (Lipinski definition) is 1. The van der Waals surface area contributed by atoms with Crippen LogP contribution in [0.25, 0.3) is 0 Å².